The van der Waals surface area contributed by atoms with Gasteiger partial charge in [-0.25, -0.2) is 9.97 Å². The maximum Gasteiger partial charge on any atom is 0.221 e. The topological polar surface area (TPSA) is 66.9 Å². The summed E-state index contributed by atoms with van der Waals surface area (Å²) in [6.45, 7) is 5.24. The number of anilines is 1. The summed E-state index contributed by atoms with van der Waals surface area (Å²) in [5.74, 6) is 1.40. The third-order valence-corrected chi connectivity index (χ3v) is 2.48. The number of carbonyl (C=O) groups excluding carboxylic acids is 1. The molecule has 0 aliphatic rings. The molecule has 0 saturated carbocycles. The Morgan fingerprint density at radius 2 is 2.11 bits per heavy atom. The maximum absolute atomic E-state index is 11.4. The number of rotatable bonds is 7. The van der Waals surface area contributed by atoms with Crippen LogP contribution in [0.3, 0.4) is 0 Å². The second kappa shape index (κ2) is 7.87. The second-order valence-corrected chi connectivity index (χ2v) is 4.26. The molecule has 18 heavy (non-hydrogen) atoms. The van der Waals surface area contributed by atoms with Crippen LogP contribution >= 0.6 is 11.6 Å². The third kappa shape index (κ3) is 5.31. The van der Waals surface area contributed by atoms with E-state index in [1.807, 2.05) is 13.8 Å². The molecule has 0 bridgehead atoms. The lowest BCUT2D eigenvalue weighted by molar-refractivity contribution is -0.120. The van der Waals surface area contributed by atoms with Crippen molar-refractivity contribution < 1.29 is 4.79 Å². The van der Waals surface area contributed by atoms with Crippen molar-refractivity contribution in [3.8, 4) is 0 Å². The van der Waals surface area contributed by atoms with E-state index in [9.17, 15) is 4.79 Å². The summed E-state index contributed by atoms with van der Waals surface area (Å²) in [4.78, 5) is 19.7. The standard InChI is InChI=1S/C12H19ClN4O/c1-3-6-15-12(18)5-7-14-11-8-9(13)16-10(4-2)17-11/h8H,3-7H2,1-2H3,(H,15,18)(H,14,16,17). The predicted molar refractivity (Wildman–Crippen MR) is 72.8 cm³/mol. The molecule has 0 spiro atoms. The van der Waals surface area contributed by atoms with Gasteiger partial charge in [0.2, 0.25) is 5.91 Å². The maximum atomic E-state index is 11.4. The molecular formula is C12H19ClN4O. The number of nitrogens with one attached hydrogen (secondary N) is 2. The zero-order valence-corrected chi connectivity index (χ0v) is 11.5. The van der Waals surface area contributed by atoms with Crippen LogP contribution < -0.4 is 10.6 Å². The van der Waals surface area contributed by atoms with Crippen LogP contribution in [0.1, 0.15) is 32.5 Å². The fourth-order valence-electron chi connectivity index (χ4n) is 1.37. The Balaban J connectivity index is 2.39. The lowest BCUT2D eigenvalue weighted by Crippen LogP contribution is -2.26. The molecule has 0 atom stereocenters. The highest BCUT2D eigenvalue weighted by molar-refractivity contribution is 6.29. The van der Waals surface area contributed by atoms with Crippen molar-refractivity contribution in [1.29, 1.82) is 0 Å². The van der Waals surface area contributed by atoms with Crippen molar-refractivity contribution in [3.05, 3.63) is 17.0 Å². The number of nitrogens with zero attached hydrogens (tertiary/aromatic N) is 2. The molecular weight excluding hydrogens is 252 g/mol. The fraction of sp³-hybridized carbons (Fsp3) is 0.583. The monoisotopic (exact) mass is 270 g/mol. The summed E-state index contributed by atoms with van der Waals surface area (Å²) in [6, 6.07) is 1.66. The van der Waals surface area contributed by atoms with Gasteiger partial charge < -0.3 is 10.6 Å². The number of hydrogen-bond donors (Lipinski definition) is 2. The van der Waals surface area contributed by atoms with Gasteiger partial charge in [0.25, 0.3) is 0 Å². The van der Waals surface area contributed by atoms with Gasteiger partial charge in [-0.2, -0.15) is 0 Å². The molecule has 1 rings (SSSR count). The van der Waals surface area contributed by atoms with E-state index < -0.39 is 0 Å². The van der Waals surface area contributed by atoms with Gasteiger partial charge >= 0.3 is 0 Å². The van der Waals surface area contributed by atoms with Crippen molar-refractivity contribution in [2.24, 2.45) is 0 Å². The first-order chi connectivity index (χ1) is 8.65. The van der Waals surface area contributed by atoms with Crippen LogP contribution in [-0.2, 0) is 11.2 Å². The zero-order valence-electron chi connectivity index (χ0n) is 10.8. The van der Waals surface area contributed by atoms with Gasteiger partial charge in [0.05, 0.1) is 0 Å². The number of halogens is 1. The van der Waals surface area contributed by atoms with E-state index in [1.165, 1.54) is 0 Å². The van der Waals surface area contributed by atoms with E-state index in [0.29, 0.717) is 29.8 Å². The minimum Gasteiger partial charge on any atom is -0.369 e. The van der Waals surface area contributed by atoms with E-state index in [1.54, 1.807) is 6.07 Å². The molecule has 5 nitrogen and oxygen atoms in total. The highest BCUT2D eigenvalue weighted by atomic mass is 35.5. The van der Waals surface area contributed by atoms with Crippen LogP contribution in [0, 0.1) is 0 Å². The van der Waals surface area contributed by atoms with Crippen molar-refractivity contribution in [1.82, 2.24) is 15.3 Å². The van der Waals surface area contributed by atoms with Crippen LogP contribution in [0.4, 0.5) is 5.82 Å². The normalized spacial score (nSPS) is 10.2. The first-order valence-electron chi connectivity index (χ1n) is 6.19. The first-order valence-corrected chi connectivity index (χ1v) is 6.57. The Labute approximate surface area is 112 Å². The molecule has 1 aromatic rings. The number of amides is 1. The van der Waals surface area contributed by atoms with Crippen LogP contribution in [0.5, 0.6) is 0 Å². The molecule has 0 radical (unpaired) electrons. The molecule has 0 aromatic carbocycles. The molecule has 1 amide bonds. The summed E-state index contributed by atoms with van der Waals surface area (Å²) in [7, 11) is 0. The zero-order chi connectivity index (χ0) is 13.4. The average molecular weight is 271 g/mol. The number of hydrogen-bond acceptors (Lipinski definition) is 4. The highest BCUT2D eigenvalue weighted by Crippen LogP contribution is 2.11. The molecule has 1 aromatic heterocycles. The molecule has 0 aliphatic heterocycles. The number of aryl methyl sites for hydroxylation is 1. The Morgan fingerprint density at radius 1 is 1.33 bits per heavy atom. The summed E-state index contributed by atoms with van der Waals surface area (Å²) in [5, 5.41) is 6.30. The first kappa shape index (κ1) is 14.7. The van der Waals surface area contributed by atoms with Crippen LogP contribution in [0.2, 0.25) is 5.15 Å². The van der Waals surface area contributed by atoms with Crippen molar-refractivity contribution in [2.45, 2.75) is 33.1 Å². The summed E-state index contributed by atoms with van der Waals surface area (Å²) < 4.78 is 0. The van der Waals surface area contributed by atoms with Crippen molar-refractivity contribution in [3.63, 3.8) is 0 Å². The van der Waals surface area contributed by atoms with Gasteiger partial charge in [0.1, 0.15) is 16.8 Å². The summed E-state index contributed by atoms with van der Waals surface area (Å²) in [6.07, 6.45) is 2.09. The van der Waals surface area contributed by atoms with Gasteiger partial charge in [-0.15, -0.1) is 0 Å². The highest BCUT2D eigenvalue weighted by Gasteiger charge is 2.03. The van der Waals surface area contributed by atoms with Gasteiger partial charge in [-0.05, 0) is 6.42 Å². The minimum absolute atomic E-state index is 0.0419. The van der Waals surface area contributed by atoms with Crippen molar-refractivity contribution >= 4 is 23.3 Å². The molecule has 0 fully saturated rings. The molecule has 0 aliphatic carbocycles. The van der Waals surface area contributed by atoms with E-state index in [2.05, 4.69) is 20.6 Å². The van der Waals surface area contributed by atoms with E-state index >= 15 is 0 Å². The number of carbonyl (C=O) groups is 1. The second-order valence-electron chi connectivity index (χ2n) is 3.87. The summed E-state index contributed by atoms with van der Waals surface area (Å²) in [5.41, 5.74) is 0. The van der Waals surface area contributed by atoms with Gasteiger partial charge in [0.15, 0.2) is 0 Å². The predicted octanol–water partition coefficient (Wildman–Crippen LogP) is 2.02. The van der Waals surface area contributed by atoms with Crippen LogP contribution in [-0.4, -0.2) is 29.0 Å². The Bertz CT molecular complexity index is 398. The van der Waals surface area contributed by atoms with Gasteiger partial charge in [-0.1, -0.05) is 25.4 Å². The van der Waals surface area contributed by atoms with Crippen LogP contribution in [0.15, 0.2) is 6.07 Å². The van der Waals surface area contributed by atoms with Crippen molar-refractivity contribution in [2.75, 3.05) is 18.4 Å². The molecule has 6 heteroatoms. The lowest BCUT2D eigenvalue weighted by atomic mass is 10.3. The SMILES string of the molecule is CCCNC(=O)CCNc1cc(Cl)nc(CC)n1. The van der Waals surface area contributed by atoms with E-state index in [-0.39, 0.29) is 5.91 Å². The Kier molecular flexibility index (Phi) is 6.43. The van der Waals surface area contributed by atoms with Gasteiger partial charge in [0, 0.05) is 32.0 Å². The Hall–Kier alpha value is -1.36. The molecule has 2 N–H and O–H groups in total. The minimum atomic E-state index is 0.0419. The molecule has 0 unspecified atom stereocenters. The quantitative estimate of drug-likeness (QED) is 0.744. The largest absolute Gasteiger partial charge is 0.369 e. The molecule has 100 valence electrons. The summed E-state index contributed by atoms with van der Waals surface area (Å²) >= 11 is 5.87. The Morgan fingerprint density at radius 3 is 2.78 bits per heavy atom. The molecule has 0 saturated heterocycles. The van der Waals surface area contributed by atoms with Gasteiger partial charge in [-0.3, -0.25) is 4.79 Å². The average Bonchev–Trinajstić information content (AvgIpc) is 2.35. The third-order valence-electron chi connectivity index (χ3n) is 2.29. The van der Waals surface area contributed by atoms with E-state index in [0.717, 1.165) is 19.4 Å². The van der Waals surface area contributed by atoms with E-state index in [4.69, 9.17) is 11.6 Å². The molecule has 1 heterocycles. The smallest absolute Gasteiger partial charge is 0.221 e. The van der Waals surface area contributed by atoms with Crippen LogP contribution in [0.25, 0.3) is 0 Å². The number of aromatic nitrogens is 2. The lowest BCUT2D eigenvalue weighted by Gasteiger charge is -2.07. The fourth-order valence-corrected chi connectivity index (χ4v) is 1.57.